The second-order valence-electron chi connectivity index (χ2n) is 6.29. The molecule has 3 aromatic carbocycles. The second-order valence-corrected chi connectivity index (χ2v) is 8.28. The minimum absolute atomic E-state index is 0.0828. The van der Waals surface area contributed by atoms with Crippen molar-refractivity contribution in [2.24, 2.45) is 0 Å². The van der Waals surface area contributed by atoms with Crippen LogP contribution in [0.15, 0.2) is 89.8 Å². The van der Waals surface area contributed by atoms with Gasteiger partial charge in [0.2, 0.25) is 5.91 Å². The summed E-state index contributed by atoms with van der Waals surface area (Å²) >= 11 is 0. The van der Waals surface area contributed by atoms with Gasteiger partial charge in [-0.3, -0.25) is 4.79 Å². The fourth-order valence-electron chi connectivity index (χ4n) is 2.72. The summed E-state index contributed by atoms with van der Waals surface area (Å²) in [6, 6.07) is 24.0. The van der Waals surface area contributed by atoms with Gasteiger partial charge in [-0.15, -0.1) is 0 Å². The van der Waals surface area contributed by atoms with E-state index in [4.69, 9.17) is 5.26 Å². The Morgan fingerprint density at radius 1 is 0.931 bits per heavy atom. The first-order valence-electron chi connectivity index (χ1n) is 8.83. The molecule has 0 aliphatic rings. The lowest BCUT2D eigenvalue weighted by molar-refractivity contribution is -0.111. The SMILES string of the molecule is N#Cc1ccccc1/C=C/C(=O)Nc1ccc(S(=O)(=O)Cc2ccccc2)cc1. The van der Waals surface area contributed by atoms with E-state index in [-0.39, 0.29) is 16.6 Å². The number of carbonyl (C=O) groups excluding carboxylic acids is 1. The number of hydrogen-bond donors (Lipinski definition) is 1. The normalized spacial score (nSPS) is 11.1. The van der Waals surface area contributed by atoms with Crippen LogP contribution in [0.1, 0.15) is 16.7 Å². The molecule has 0 radical (unpaired) electrons. The fraction of sp³-hybridized carbons (Fsp3) is 0.0435. The van der Waals surface area contributed by atoms with Crippen LogP contribution < -0.4 is 5.32 Å². The number of anilines is 1. The summed E-state index contributed by atoms with van der Waals surface area (Å²) in [6.45, 7) is 0. The highest BCUT2D eigenvalue weighted by molar-refractivity contribution is 7.90. The Hall–Kier alpha value is -3.69. The Balaban J connectivity index is 1.66. The van der Waals surface area contributed by atoms with Gasteiger partial charge >= 0.3 is 0 Å². The number of nitrogens with zero attached hydrogens (tertiary/aromatic N) is 1. The lowest BCUT2D eigenvalue weighted by atomic mass is 10.1. The first-order valence-corrected chi connectivity index (χ1v) is 10.5. The summed E-state index contributed by atoms with van der Waals surface area (Å²) in [7, 11) is -3.47. The minimum Gasteiger partial charge on any atom is -0.323 e. The number of sulfone groups is 1. The van der Waals surface area contributed by atoms with E-state index in [9.17, 15) is 13.2 Å². The van der Waals surface area contributed by atoms with Gasteiger partial charge in [-0.05, 0) is 47.5 Å². The largest absolute Gasteiger partial charge is 0.323 e. The molecule has 0 aliphatic carbocycles. The van der Waals surface area contributed by atoms with Crippen LogP contribution in [-0.2, 0) is 20.4 Å². The molecule has 5 nitrogen and oxygen atoms in total. The summed E-state index contributed by atoms with van der Waals surface area (Å²) in [5.41, 5.74) is 2.32. The molecule has 3 aromatic rings. The molecule has 0 saturated heterocycles. The first-order chi connectivity index (χ1) is 14.0. The van der Waals surface area contributed by atoms with E-state index < -0.39 is 9.84 Å². The van der Waals surface area contributed by atoms with Crippen molar-refractivity contribution in [2.75, 3.05) is 5.32 Å². The van der Waals surface area contributed by atoms with E-state index in [1.165, 1.54) is 18.2 Å². The number of hydrogen-bond acceptors (Lipinski definition) is 4. The molecule has 29 heavy (non-hydrogen) atoms. The number of rotatable bonds is 6. The van der Waals surface area contributed by atoms with Crippen LogP contribution in [0.2, 0.25) is 0 Å². The van der Waals surface area contributed by atoms with Gasteiger partial charge in [-0.25, -0.2) is 8.42 Å². The predicted molar refractivity (Wildman–Crippen MR) is 113 cm³/mol. The Kier molecular flexibility index (Phi) is 6.22. The number of nitriles is 1. The van der Waals surface area contributed by atoms with Gasteiger partial charge in [0.1, 0.15) is 0 Å². The Bertz CT molecular complexity index is 1180. The van der Waals surface area contributed by atoms with Gasteiger partial charge in [-0.1, -0.05) is 48.5 Å². The van der Waals surface area contributed by atoms with Gasteiger partial charge < -0.3 is 5.32 Å². The van der Waals surface area contributed by atoms with Gasteiger partial charge in [0.15, 0.2) is 9.84 Å². The molecule has 3 rings (SSSR count). The molecule has 6 heteroatoms. The maximum Gasteiger partial charge on any atom is 0.248 e. The molecule has 0 heterocycles. The standard InChI is InChI=1S/C23H18N2O3S/c24-16-20-9-5-4-8-19(20)10-15-23(26)25-21-11-13-22(14-12-21)29(27,28)17-18-6-2-1-3-7-18/h1-15H,17H2,(H,25,26)/b15-10+. The van der Waals surface area contributed by atoms with Crippen molar-refractivity contribution in [3.63, 3.8) is 0 Å². The van der Waals surface area contributed by atoms with Crippen molar-refractivity contribution >= 4 is 27.5 Å². The highest BCUT2D eigenvalue weighted by atomic mass is 32.2. The van der Waals surface area contributed by atoms with E-state index in [0.717, 1.165) is 0 Å². The van der Waals surface area contributed by atoms with Crippen LogP contribution in [0.5, 0.6) is 0 Å². The van der Waals surface area contributed by atoms with Gasteiger partial charge in [0, 0.05) is 11.8 Å². The van der Waals surface area contributed by atoms with Crippen molar-refractivity contribution in [3.05, 3.63) is 102 Å². The van der Waals surface area contributed by atoms with Crippen LogP contribution >= 0.6 is 0 Å². The minimum atomic E-state index is -3.47. The molecule has 0 bridgehead atoms. The smallest absolute Gasteiger partial charge is 0.248 e. The number of benzene rings is 3. The third-order valence-electron chi connectivity index (χ3n) is 4.18. The maximum absolute atomic E-state index is 12.5. The lowest BCUT2D eigenvalue weighted by Crippen LogP contribution is -2.09. The molecule has 0 saturated carbocycles. The molecule has 144 valence electrons. The summed E-state index contributed by atoms with van der Waals surface area (Å²) < 4.78 is 25.1. The average Bonchev–Trinajstić information content (AvgIpc) is 2.73. The summed E-state index contributed by atoms with van der Waals surface area (Å²) in [5.74, 6) is -0.460. The molecule has 0 aromatic heterocycles. The Morgan fingerprint density at radius 2 is 1.59 bits per heavy atom. The Labute approximate surface area is 169 Å². The van der Waals surface area contributed by atoms with Crippen molar-refractivity contribution in [3.8, 4) is 6.07 Å². The number of carbonyl (C=O) groups is 1. The molecular weight excluding hydrogens is 384 g/mol. The van der Waals surface area contributed by atoms with Crippen LogP contribution in [-0.4, -0.2) is 14.3 Å². The molecule has 0 fully saturated rings. The van der Waals surface area contributed by atoms with Gasteiger partial charge in [0.05, 0.1) is 22.3 Å². The second kappa shape index (κ2) is 9.00. The monoisotopic (exact) mass is 402 g/mol. The van der Waals surface area contributed by atoms with Gasteiger partial charge in [0.25, 0.3) is 0 Å². The summed E-state index contributed by atoms with van der Waals surface area (Å²) in [5, 5.41) is 11.7. The van der Waals surface area contributed by atoms with Crippen LogP contribution in [0.4, 0.5) is 5.69 Å². The van der Waals surface area contributed by atoms with Crippen LogP contribution in [0.25, 0.3) is 6.08 Å². The summed E-state index contributed by atoms with van der Waals surface area (Å²) in [4.78, 5) is 12.3. The van der Waals surface area contributed by atoms with Crippen LogP contribution in [0, 0.1) is 11.3 Å². The first kappa shape index (κ1) is 20.1. The number of amides is 1. The average molecular weight is 402 g/mol. The van der Waals surface area contributed by atoms with Crippen molar-refractivity contribution in [1.29, 1.82) is 5.26 Å². The molecule has 0 spiro atoms. The number of nitrogens with one attached hydrogen (secondary N) is 1. The fourth-order valence-corrected chi connectivity index (χ4v) is 4.06. The third kappa shape index (κ3) is 5.41. The molecule has 0 atom stereocenters. The molecule has 0 unspecified atom stereocenters. The molecule has 0 aliphatic heterocycles. The molecular formula is C23H18N2O3S. The lowest BCUT2D eigenvalue weighted by Gasteiger charge is -2.07. The van der Waals surface area contributed by atoms with Crippen LogP contribution in [0.3, 0.4) is 0 Å². The summed E-state index contributed by atoms with van der Waals surface area (Å²) in [6.07, 6.45) is 2.89. The highest BCUT2D eigenvalue weighted by Crippen LogP contribution is 2.19. The third-order valence-corrected chi connectivity index (χ3v) is 5.88. The van der Waals surface area contributed by atoms with E-state index in [0.29, 0.717) is 22.4 Å². The molecule has 1 amide bonds. The maximum atomic E-state index is 12.5. The topological polar surface area (TPSA) is 87.0 Å². The van der Waals surface area contributed by atoms with Gasteiger partial charge in [-0.2, -0.15) is 5.26 Å². The predicted octanol–water partition coefficient (Wildman–Crippen LogP) is 4.18. The molecule has 1 N–H and O–H groups in total. The zero-order valence-electron chi connectivity index (χ0n) is 15.4. The quantitative estimate of drug-likeness (QED) is 0.627. The van der Waals surface area contributed by atoms with Crippen molar-refractivity contribution in [1.82, 2.24) is 0 Å². The zero-order valence-corrected chi connectivity index (χ0v) is 16.3. The van der Waals surface area contributed by atoms with Crippen molar-refractivity contribution in [2.45, 2.75) is 10.6 Å². The van der Waals surface area contributed by atoms with Crippen molar-refractivity contribution < 1.29 is 13.2 Å². The van der Waals surface area contributed by atoms with E-state index in [2.05, 4.69) is 11.4 Å². The van der Waals surface area contributed by atoms with E-state index >= 15 is 0 Å². The van der Waals surface area contributed by atoms with E-state index in [1.54, 1.807) is 66.7 Å². The van der Waals surface area contributed by atoms with E-state index in [1.807, 2.05) is 6.07 Å². The zero-order chi connectivity index (χ0) is 20.7. The highest BCUT2D eigenvalue weighted by Gasteiger charge is 2.15. The Morgan fingerprint density at radius 3 is 2.28 bits per heavy atom.